The minimum absolute atomic E-state index is 0.325. The van der Waals surface area contributed by atoms with Gasteiger partial charge in [-0.15, -0.1) is 0 Å². The molecule has 0 spiro atoms. The van der Waals surface area contributed by atoms with Crippen LogP contribution in [0, 0.1) is 13.8 Å². The molecule has 2 aromatic rings. The Hall–Kier alpha value is -1.26. The van der Waals surface area contributed by atoms with E-state index in [4.69, 9.17) is 4.42 Å². The summed E-state index contributed by atoms with van der Waals surface area (Å²) in [6, 6.07) is 7.01. The van der Waals surface area contributed by atoms with Crippen molar-refractivity contribution in [1.82, 2.24) is 10.3 Å². The van der Waals surface area contributed by atoms with Crippen molar-refractivity contribution in [2.24, 2.45) is 0 Å². The van der Waals surface area contributed by atoms with Crippen molar-refractivity contribution in [3.05, 3.63) is 47.3 Å². The Morgan fingerprint density at radius 3 is 2.80 bits per heavy atom. The highest BCUT2D eigenvalue weighted by molar-refractivity contribution is 7.99. The second-order valence-electron chi connectivity index (χ2n) is 4.96. The number of hydrogen-bond donors (Lipinski definition) is 1. The van der Waals surface area contributed by atoms with Crippen molar-refractivity contribution >= 4 is 11.8 Å². The molecule has 0 aliphatic carbocycles. The van der Waals surface area contributed by atoms with Crippen LogP contribution in [0.5, 0.6) is 0 Å². The number of aryl methyl sites for hydroxylation is 2. The molecule has 0 fully saturated rings. The molecule has 1 aromatic heterocycles. The molecule has 1 N–H and O–H groups in total. The minimum atomic E-state index is 0.325. The van der Waals surface area contributed by atoms with Crippen molar-refractivity contribution in [1.29, 1.82) is 0 Å². The van der Waals surface area contributed by atoms with Crippen LogP contribution >= 0.6 is 11.8 Å². The lowest BCUT2D eigenvalue weighted by Gasteiger charge is -2.19. The van der Waals surface area contributed by atoms with Crippen molar-refractivity contribution in [3.8, 4) is 0 Å². The van der Waals surface area contributed by atoms with Gasteiger partial charge in [0.15, 0.2) is 0 Å². The van der Waals surface area contributed by atoms with Gasteiger partial charge in [0, 0.05) is 11.8 Å². The van der Waals surface area contributed by atoms with Gasteiger partial charge in [0.05, 0.1) is 6.20 Å². The van der Waals surface area contributed by atoms with Gasteiger partial charge in [0.1, 0.15) is 6.26 Å². The largest absolute Gasteiger partial charge is 0.440 e. The fourth-order valence-electron chi connectivity index (χ4n) is 2.01. The predicted octanol–water partition coefficient (Wildman–Crippen LogP) is 4.12. The highest BCUT2D eigenvalue weighted by Crippen LogP contribution is 2.25. The van der Waals surface area contributed by atoms with Crippen molar-refractivity contribution in [3.63, 3.8) is 0 Å². The maximum absolute atomic E-state index is 5.29. The third-order valence-corrected chi connectivity index (χ3v) is 4.31. The molecule has 20 heavy (non-hydrogen) atoms. The third-order valence-electron chi connectivity index (χ3n) is 3.36. The summed E-state index contributed by atoms with van der Waals surface area (Å²) in [5.41, 5.74) is 4.01. The Kier molecular flexibility index (Phi) is 5.68. The molecule has 0 saturated heterocycles. The summed E-state index contributed by atoms with van der Waals surface area (Å²) in [7, 11) is 0. The second-order valence-corrected chi connectivity index (χ2v) is 5.93. The number of oxazole rings is 1. The van der Waals surface area contributed by atoms with E-state index in [1.165, 1.54) is 16.7 Å². The molecule has 1 heterocycles. The van der Waals surface area contributed by atoms with Gasteiger partial charge in [-0.2, -0.15) is 0 Å². The molecule has 0 radical (unpaired) electrons. The maximum Gasteiger partial charge on any atom is 0.255 e. The van der Waals surface area contributed by atoms with Gasteiger partial charge in [-0.1, -0.05) is 36.9 Å². The molecular weight excluding hydrogens is 268 g/mol. The van der Waals surface area contributed by atoms with E-state index in [-0.39, 0.29) is 0 Å². The molecule has 1 aromatic carbocycles. The van der Waals surface area contributed by atoms with E-state index in [0.717, 1.165) is 23.9 Å². The SMILES string of the molecule is CCCNC(CSc1ncco1)c1ccc(C)c(C)c1. The Morgan fingerprint density at radius 1 is 1.30 bits per heavy atom. The quantitative estimate of drug-likeness (QED) is 0.778. The van der Waals surface area contributed by atoms with Crippen LogP contribution < -0.4 is 5.32 Å². The Balaban J connectivity index is 2.07. The lowest BCUT2D eigenvalue weighted by molar-refractivity contribution is 0.453. The van der Waals surface area contributed by atoms with Crippen molar-refractivity contribution in [2.45, 2.75) is 38.5 Å². The number of hydrogen-bond acceptors (Lipinski definition) is 4. The fourth-order valence-corrected chi connectivity index (χ4v) is 2.89. The zero-order valence-electron chi connectivity index (χ0n) is 12.3. The van der Waals surface area contributed by atoms with Gasteiger partial charge in [-0.3, -0.25) is 0 Å². The highest BCUT2D eigenvalue weighted by Gasteiger charge is 2.13. The van der Waals surface area contributed by atoms with E-state index in [1.54, 1.807) is 24.2 Å². The molecule has 0 saturated carbocycles. The average Bonchev–Trinajstić information content (AvgIpc) is 2.95. The topological polar surface area (TPSA) is 38.1 Å². The highest BCUT2D eigenvalue weighted by atomic mass is 32.2. The van der Waals surface area contributed by atoms with Crippen molar-refractivity contribution < 1.29 is 4.42 Å². The smallest absolute Gasteiger partial charge is 0.255 e. The maximum atomic E-state index is 5.29. The standard InChI is InChI=1S/C16H22N2OS/c1-4-7-17-15(11-20-16-18-8-9-19-16)14-6-5-12(2)13(3)10-14/h5-6,8-10,15,17H,4,7,11H2,1-3H3. The zero-order valence-corrected chi connectivity index (χ0v) is 13.2. The van der Waals surface area contributed by atoms with Crippen LogP contribution in [0.2, 0.25) is 0 Å². The Bertz CT molecular complexity index is 525. The molecule has 1 atom stereocenters. The minimum Gasteiger partial charge on any atom is -0.440 e. The van der Waals surface area contributed by atoms with Crippen LogP contribution in [0.25, 0.3) is 0 Å². The lowest BCUT2D eigenvalue weighted by Crippen LogP contribution is -2.24. The number of aromatic nitrogens is 1. The van der Waals surface area contributed by atoms with Crippen LogP contribution in [-0.2, 0) is 0 Å². The normalized spacial score (nSPS) is 12.6. The van der Waals surface area contributed by atoms with E-state index < -0.39 is 0 Å². The van der Waals surface area contributed by atoms with Gasteiger partial charge in [-0.25, -0.2) is 4.98 Å². The molecule has 0 amide bonds. The van der Waals surface area contributed by atoms with E-state index in [9.17, 15) is 0 Å². The van der Waals surface area contributed by atoms with E-state index in [2.05, 4.69) is 49.3 Å². The number of thioether (sulfide) groups is 1. The second kappa shape index (κ2) is 7.50. The van der Waals surface area contributed by atoms with Gasteiger partial charge < -0.3 is 9.73 Å². The summed E-state index contributed by atoms with van der Waals surface area (Å²) in [5, 5.41) is 4.34. The molecule has 0 bridgehead atoms. The first kappa shape index (κ1) is 15.1. The Labute approximate surface area is 125 Å². The first-order valence-electron chi connectivity index (χ1n) is 7.03. The molecule has 2 rings (SSSR count). The summed E-state index contributed by atoms with van der Waals surface area (Å²) in [5.74, 6) is 0.920. The van der Waals surface area contributed by atoms with E-state index >= 15 is 0 Å². The number of nitrogens with one attached hydrogen (secondary N) is 1. The van der Waals surface area contributed by atoms with Crippen LogP contribution in [0.1, 0.15) is 36.1 Å². The van der Waals surface area contributed by atoms with Gasteiger partial charge >= 0.3 is 0 Å². The molecule has 0 aliphatic heterocycles. The molecule has 0 aliphatic rings. The van der Waals surface area contributed by atoms with Gasteiger partial charge in [0.2, 0.25) is 0 Å². The van der Waals surface area contributed by atoms with Crippen molar-refractivity contribution in [2.75, 3.05) is 12.3 Å². The summed E-state index contributed by atoms with van der Waals surface area (Å²) in [4.78, 5) is 4.16. The van der Waals surface area contributed by atoms with Crippen LogP contribution in [0.3, 0.4) is 0 Å². The lowest BCUT2D eigenvalue weighted by atomic mass is 10.0. The average molecular weight is 290 g/mol. The third kappa shape index (κ3) is 4.12. The fraction of sp³-hybridized carbons (Fsp3) is 0.438. The van der Waals surface area contributed by atoms with Crippen LogP contribution in [-0.4, -0.2) is 17.3 Å². The molecule has 3 nitrogen and oxygen atoms in total. The van der Waals surface area contributed by atoms with Gasteiger partial charge in [0.25, 0.3) is 5.22 Å². The number of benzene rings is 1. The van der Waals surface area contributed by atoms with E-state index in [0.29, 0.717) is 6.04 Å². The number of rotatable bonds is 7. The Morgan fingerprint density at radius 2 is 2.15 bits per heavy atom. The predicted molar refractivity (Wildman–Crippen MR) is 84.2 cm³/mol. The van der Waals surface area contributed by atoms with Crippen LogP contribution in [0.15, 0.2) is 40.3 Å². The molecule has 1 unspecified atom stereocenters. The zero-order chi connectivity index (χ0) is 14.4. The number of nitrogens with zero attached hydrogens (tertiary/aromatic N) is 1. The van der Waals surface area contributed by atoms with E-state index in [1.807, 2.05) is 0 Å². The summed E-state index contributed by atoms with van der Waals surface area (Å²) in [6.07, 6.45) is 4.44. The molecular formula is C16H22N2OS. The first-order chi connectivity index (χ1) is 9.70. The summed E-state index contributed by atoms with van der Waals surface area (Å²) in [6.45, 7) is 7.52. The first-order valence-corrected chi connectivity index (χ1v) is 8.02. The van der Waals surface area contributed by atoms with Crippen LogP contribution in [0.4, 0.5) is 0 Å². The monoisotopic (exact) mass is 290 g/mol. The summed E-state index contributed by atoms with van der Waals surface area (Å²) >= 11 is 1.65. The molecule has 108 valence electrons. The van der Waals surface area contributed by atoms with Gasteiger partial charge in [-0.05, 0) is 43.5 Å². The molecule has 4 heteroatoms. The summed E-state index contributed by atoms with van der Waals surface area (Å²) < 4.78 is 5.29.